The van der Waals surface area contributed by atoms with E-state index in [9.17, 15) is 9.59 Å². The van der Waals surface area contributed by atoms with Crippen LogP contribution >= 0.6 is 11.3 Å². The molecule has 1 saturated heterocycles. The molecular formula is C22H30N4O2S. The monoisotopic (exact) mass is 414 g/mol. The molecule has 3 amide bonds. The summed E-state index contributed by atoms with van der Waals surface area (Å²) < 4.78 is 0. The lowest BCUT2D eigenvalue weighted by atomic mass is 9.87. The zero-order valence-electron chi connectivity index (χ0n) is 17.4. The maximum Gasteiger partial charge on any atom is 0.319 e. The van der Waals surface area contributed by atoms with Gasteiger partial charge in [-0.2, -0.15) is 0 Å². The molecule has 2 aromatic rings. The molecule has 0 unspecified atom stereocenters. The summed E-state index contributed by atoms with van der Waals surface area (Å²) in [5, 5.41) is 7.71. The number of nitrogens with one attached hydrogen (secondary N) is 2. The number of benzene rings is 1. The summed E-state index contributed by atoms with van der Waals surface area (Å²) in [5.74, 6) is 0.120. The van der Waals surface area contributed by atoms with E-state index >= 15 is 0 Å². The number of carbonyl (C=O) groups excluding carboxylic acids is 2. The largest absolute Gasteiger partial charge is 0.337 e. The van der Waals surface area contributed by atoms with Gasteiger partial charge in [0.2, 0.25) is 0 Å². The van der Waals surface area contributed by atoms with E-state index in [1.807, 2.05) is 46.7 Å². The highest BCUT2D eigenvalue weighted by Crippen LogP contribution is 2.23. The molecule has 2 N–H and O–H groups in total. The molecule has 1 aromatic carbocycles. The predicted octanol–water partition coefficient (Wildman–Crippen LogP) is 3.63. The van der Waals surface area contributed by atoms with E-state index in [1.54, 1.807) is 0 Å². The highest BCUT2D eigenvalue weighted by molar-refractivity contribution is 7.12. The smallest absolute Gasteiger partial charge is 0.319 e. The van der Waals surface area contributed by atoms with Gasteiger partial charge in [-0.05, 0) is 34.6 Å². The summed E-state index contributed by atoms with van der Waals surface area (Å²) in [5.41, 5.74) is 2.12. The van der Waals surface area contributed by atoms with E-state index < -0.39 is 0 Å². The number of nitrogens with zero attached hydrogens (tertiary/aromatic N) is 2. The van der Waals surface area contributed by atoms with Crippen molar-refractivity contribution < 1.29 is 9.59 Å². The van der Waals surface area contributed by atoms with Crippen LogP contribution in [0.3, 0.4) is 0 Å². The minimum atomic E-state index is -0.194. The number of thiophene rings is 1. The number of urea groups is 1. The fourth-order valence-corrected chi connectivity index (χ4v) is 3.98. The third-order valence-electron chi connectivity index (χ3n) is 5.11. The van der Waals surface area contributed by atoms with Crippen LogP contribution < -0.4 is 10.6 Å². The maximum absolute atomic E-state index is 12.4. The van der Waals surface area contributed by atoms with Gasteiger partial charge in [0.15, 0.2) is 0 Å². The fourth-order valence-electron chi connectivity index (χ4n) is 3.29. The first-order valence-corrected chi connectivity index (χ1v) is 10.9. The highest BCUT2D eigenvalue weighted by Gasteiger charge is 2.22. The van der Waals surface area contributed by atoms with E-state index in [2.05, 4.69) is 36.3 Å². The second-order valence-corrected chi connectivity index (χ2v) is 9.27. The Bertz CT molecular complexity index is 804. The van der Waals surface area contributed by atoms with Gasteiger partial charge in [-0.25, -0.2) is 4.79 Å². The van der Waals surface area contributed by atoms with Gasteiger partial charge in [-0.15, -0.1) is 11.3 Å². The molecule has 0 saturated carbocycles. The normalized spacial score (nSPS) is 15.2. The van der Waals surface area contributed by atoms with Crippen LogP contribution in [0.2, 0.25) is 0 Å². The average molecular weight is 415 g/mol. The molecule has 0 radical (unpaired) electrons. The van der Waals surface area contributed by atoms with Crippen molar-refractivity contribution in [2.45, 2.75) is 26.2 Å². The van der Waals surface area contributed by atoms with E-state index in [-0.39, 0.29) is 17.4 Å². The van der Waals surface area contributed by atoms with Crippen molar-refractivity contribution in [1.29, 1.82) is 0 Å². The third-order valence-corrected chi connectivity index (χ3v) is 5.97. The second kappa shape index (κ2) is 9.41. The molecule has 0 atom stereocenters. The van der Waals surface area contributed by atoms with Gasteiger partial charge in [-0.1, -0.05) is 39.0 Å². The Morgan fingerprint density at radius 3 is 2.31 bits per heavy atom. The Balaban J connectivity index is 1.35. The minimum absolute atomic E-state index is 0.0964. The minimum Gasteiger partial charge on any atom is -0.337 e. The van der Waals surface area contributed by atoms with Gasteiger partial charge in [0, 0.05) is 45.0 Å². The van der Waals surface area contributed by atoms with Crippen molar-refractivity contribution in [1.82, 2.24) is 15.1 Å². The third kappa shape index (κ3) is 6.05. The quantitative estimate of drug-likeness (QED) is 0.785. The Kier molecular flexibility index (Phi) is 6.92. The molecule has 0 bridgehead atoms. The van der Waals surface area contributed by atoms with Gasteiger partial charge < -0.3 is 15.5 Å². The van der Waals surface area contributed by atoms with Gasteiger partial charge >= 0.3 is 6.03 Å². The van der Waals surface area contributed by atoms with Crippen LogP contribution in [0, 0.1) is 0 Å². The molecule has 1 aromatic heterocycles. The first-order valence-electron chi connectivity index (χ1n) is 10.0. The van der Waals surface area contributed by atoms with E-state index in [0.717, 1.165) is 43.3 Å². The van der Waals surface area contributed by atoms with Crippen molar-refractivity contribution >= 4 is 29.0 Å². The van der Waals surface area contributed by atoms with Gasteiger partial charge in [0.25, 0.3) is 5.91 Å². The topological polar surface area (TPSA) is 64.7 Å². The number of anilines is 1. The Labute approximate surface area is 176 Å². The molecule has 3 rings (SSSR count). The fraction of sp³-hybridized carbons (Fsp3) is 0.455. The highest BCUT2D eigenvalue weighted by atomic mass is 32.1. The Hall–Kier alpha value is -2.38. The number of amides is 3. The number of piperazine rings is 1. The van der Waals surface area contributed by atoms with Crippen LogP contribution in [0.4, 0.5) is 10.5 Å². The van der Waals surface area contributed by atoms with Crippen LogP contribution in [-0.4, -0.2) is 61.0 Å². The van der Waals surface area contributed by atoms with Crippen LogP contribution in [0.5, 0.6) is 0 Å². The first kappa shape index (κ1) is 21.3. The van der Waals surface area contributed by atoms with Gasteiger partial charge in [0.1, 0.15) is 0 Å². The lowest BCUT2D eigenvalue weighted by molar-refractivity contribution is 0.0644. The second-order valence-electron chi connectivity index (χ2n) is 8.32. The standard InChI is InChI=1S/C22H30N4O2S/c1-22(2,3)17-6-8-18(9-7-17)24-21(28)23-10-11-25-12-14-26(15-13-25)20(27)19-5-4-16-29-19/h4-9,16H,10-15H2,1-3H3,(H2,23,24,28). The SMILES string of the molecule is CC(C)(C)c1ccc(NC(=O)NCCN2CCN(C(=O)c3cccs3)CC2)cc1. The van der Waals surface area contributed by atoms with Crippen molar-refractivity contribution in [2.75, 3.05) is 44.6 Å². The van der Waals surface area contributed by atoms with Crippen molar-refractivity contribution in [3.8, 4) is 0 Å². The number of carbonyl (C=O) groups is 2. The molecule has 1 aliphatic heterocycles. The Morgan fingerprint density at radius 2 is 1.72 bits per heavy atom. The number of hydrogen-bond acceptors (Lipinski definition) is 4. The van der Waals surface area contributed by atoms with Crippen LogP contribution in [0.25, 0.3) is 0 Å². The lowest BCUT2D eigenvalue weighted by Crippen LogP contribution is -2.50. The molecule has 0 aliphatic carbocycles. The van der Waals surface area contributed by atoms with Crippen molar-refractivity contribution in [3.05, 3.63) is 52.2 Å². The molecule has 7 heteroatoms. The molecule has 2 heterocycles. The molecular weight excluding hydrogens is 384 g/mol. The first-order chi connectivity index (χ1) is 13.8. The molecule has 0 spiro atoms. The van der Waals surface area contributed by atoms with Crippen molar-refractivity contribution in [3.63, 3.8) is 0 Å². The zero-order valence-corrected chi connectivity index (χ0v) is 18.2. The lowest BCUT2D eigenvalue weighted by Gasteiger charge is -2.34. The van der Waals surface area contributed by atoms with E-state index in [4.69, 9.17) is 0 Å². The van der Waals surface area contributed by atoms with E-state index in [0.29, 0.717) is 6.54 Å². The molecule has 6 nitrogen and oxygen atoms in total. The summed E-state index contributed by atoms with van der Waals surface area (Å²) in [4.78, 5) is 29.5. The number of rotatable bonds is 5. The summed E-state index contributed by atoms with van der Waals surface area (Å²) >= 11 is 1.49. The van der Waals surface area contributed by atoms with Crippen LogP contribution in [-0.2, 0) is 5.41 Å². The Morgan fingerprint density at radius 1 is 1.03 bits per heavy atom. The summed E-state index contributed by atoms with van der Waals surface area (Å²) in [6, 6.07) is 11.6. The summed E-state index contributed by atoms with van der Waals surface area (Å²) in [6.45, 7) is 11.0. The molecule has 1 fully saturated rings. The summed E-state index contributed by atoms with van der Waals surface area (Å²) in [7, 11) is 0. The zero-order chi connectivity index (χ0) is 20.9. The summed E-state index contributed by atoms with van der Waals surface area (Å²) in [6.07, 6.45) is 0. The molecule has 1 aliphatic rings. The van der Waals surface area contributed by atoms with Crippen LogP contribution in [0.15, 0.2) is 41.8 Å². The van der Waals surface area contributed by atoms with Crippen molar-refractivity contribution in [2.24, 2.45) is 0 Å². The molecule has 156 valence electrons. The maximum atomic E-state index is 12.4. The average Bonchev–Trinajstić information content (AvgIpc) is 3.22. The van der Waals surface area contributed by atoms with Gasteiger partial charge in [-0.3, -0.25) is 9.69 Å². The molecule has 29 heavy (non-hydrogen) atoms. The van der Waals surface area contributed by atoms with Gasteiger partial charge in [0.05, 0.1) is 4.88 Å². The van der Waals surface area contributed by atoms with E-state index in [1.165, 1.54) is 16.9 Å². The predicted molar refractivity (Wildman–Crippen MR) is 119 cm³/mol. The van der Waals surface area contributed by atoms with Crippen LogP contribution in [0.1, 0.15) is 36.0 Å². The number of hydrogen-bond donors (Lipinski definition) is 2.